The van der Waals surface area contributed by atoms with Crippen molar-refractivity contribution in [2.45, 2.75) is 57.7 Å². The van der Waals surface area contributed by atoms with Gasteiger partial charge in [-0.3, -0.25) is 4.79 Å². The fraction of sp³-hybridized carbons (Fsp3) is 0.393. The minimum atomic E-state index is -0.842. The second-order valence-corrected chi connectivity index (χ2v) is 11.3. The van der Waals surface area contributed by atoms with Gasteiger partial charge in [0.15, 0.2) is 11.6 Å². The lowest BCUT2D eigenvalue weighted by atomic mass is 9.87. The normalized spacial score (nSPS) is 24.4. The average molecular weight is 517 g/mol. The third-order valence-corrected chi connectivity index (χ3v) is 8.94. The van der Waals surface area contributed by atoms with E-state index in [2.05, 4.69) is 32.0 Å². The first-order valence-electron chi connectivity index (χ1n) is 11.7. The number of aryl methyl sites for hydroxylation is 1. The number of thioether (sulfide) groups is 1. The largest absolute Gasteiger partial charge is 0.461 e. The fourth-order valence-electron chi connectivity index (χ4n) is 4.59. The Morgan fingerprint density at radius 2 is 1.86 bits per heavy atom. The maximum Gasteiger partial charge on any atom is 0.302 e. The fourth-order valence-corrected chi connectivity index (χ4v) is 6.65. The molecule has 0 spiro atoms. The number of hydrogen-bond donors (Lipinski definition) is 0. The van der Waals surface area contributed by atoms with Crippen LogP contribution >= 0.6 is 23.1 Å². The van der Waals surface area contributed by atoms with E-state index in [1.54, 1.807) is 29.2 Å². The van der Waals surface area contributed by atoms with Crippen LogP contribution in [0.4, 0.5) is 8.78 Å². The molecule has 1 aliphatic heterocycles. The van der Waals surface area contributed by atoms with Gasteiger partial charge < -0.3 is 9.47 Å². The molecule has 1 unspecified atom stereocenters. The number of hydrogen-bond acceptors (Lipinski definition) is 5. The van der Waals surface area contributed by atoms with Gasteiger partial charge in [0.25, 0.3) is 0 Å². The van der Waals surface area contributed by atoms with Crippen molar-refractivity contribution >= 4 is 29.1 Å². The number of carbonyl (C=O) groups excluding carboxylic acids is 1. The van der Waals surface area contributed by atoms with Crippen molar-refractivity contribution in [3.05, 3.63) is 81.7 Å². The van der Waals surface area contributed by atoms with E-state index >= 15 is 0 Å². The molecule has 1 saturated heterocycles. The van der Waals surface area contributed by atoms with E-state index in [9.17, 15) is 13.6 Å². The molecule has 0 radical (unpaired) electrons. The Labute approximate surface area is 213 Å². The highest BCUT2D eigenvalue weighted by atomic mass is 32.2. The Morgan fingerprint density at radius 1 is 1.09 bits per heavy atom. The lowest BCUT2D eigenvalue weighted by molar-refractivity contribution is -0.168. The molecule has 0 N–H and O–H groups in total. The summed E-state index contributed by atoms with van der Waals surface area (Å²) in [4.78, 5) is 13.8. The van der Waals surface area contributed by atoms with E-state index in [0.717, 1.165) is 27.8 Å². The first-order valence-corrected chi connectivity index (χ1v) is 13.8. The number of rotatable bonds is 6. The maximum absolute atomic E-state index is 13.7. The zero-order chi connectivity index (χ0) is 25.3. The third kappa shape index (κ3) is 5.63. The number of esters is 1. The highest BCUT2D eigenvalue weighted by molar-refractivity contribution is 7.99. The van der Waals surface area contributed by atoms with Crippen molar-refractivity contribution in [1.29, 1.82) is 0 Å². The van der Waals surface area contributed by atoms with Crippen LogP contribution in [0, 0.1) is 24.5 Å². The van der Waals surface area contributed by atoms with Crippen LogP contribution < -0.4 is 0 Å². The lowest BCUT2D eigenvalue weighted by Gasteiger charge is -2.44. The van der Waals surface area contributed by atoms with E-state index in [1.807, 2.05) is 25.3 Å². The van der Waals surface area contributed by atoms with Crippen LogP contribution in [-0.4, -0.2) is 29.7 Å². The van der Waals surface area contributed by atoms with Gasteiger partial charge in [-0.05, 0) is 66.6 Å². The second-order valence-electron chi connectivity index (χ2n) is 9.15. The minimum Gasteiger partial charge on any atom is -0.461 e. The van der Waals surface area contributed by atoms with Crippen molar-refractivity contribution in [2.24, 2.45) is 5.92 Å². The molecule has 35 heavy (non-hydrogen) atoms. The van der Waals surface area contributed by atoms with Crippen LogP contribution in [0.15, 0.2) is 48.5 Å². The summed E-state index contributed by atoms with van der Waals surface area (Å²) in [6.07, 6.45) is 2.29. The Morgan fingerprint density at radius 3 is 2.54 bits per heavy atom. The Bertz CT molecular complexity index is 1210. The SMILES string of the molecule is CS[C@H]1C(c2ccc(C)c(Cc3ccc(-c4ccc(F)c(F)c4)s3)c2)O[C@H](C)[C@@H](C)[C@@H]1OC(C)=O. The summed E-state index contributed by atoms with van der Waals surface area (Å²) in [6, 6.07) is 14.4. The molecule has 1 aliphatic rings. The lowest BCUT2D eigenvalue weighted by Crippen LogP contribution is -2.49. The van der Waals surface area contributed by atoms with Gasteiger partial charge in [0.05, 0.1) is 17.5 Å². The number of halogens is 2. The Kier molecular flexibility index (Phi) is 7.99. The van der Waals surface area contributed by atoms with E-state index < -0.39 is 11.6 Å². The number of carbonyl (C=O) groups is 1. The summed E-state index contributed by atoms with van der Waals surface area (Å²) in [5.41, 5.74) is 4.09. The maximum atomic E-state index is 13.7. The highest BCUT2D eigenvalue weighted by Gasteiger charge is 2.44. The topological polar surface area (TPSA) is 35.5 Å². The van der Waals surface area contributed by atoms with Crippen LogP contribution in [0.1, 0.15) is 48.4 Å². The predicted octanol–water partition coefficient (Wildman–Crippen LogP) is 7.35. The van der Waals surface area contributed by atoms with Crippen molar-refractivity contribution in [1.82, 2.24) is 0 Å². The summed E-state index contributed by atoms with van der Waals surface area (Å²) >= 11 is 3.24. The number of ether oxygens (including phenoxy) is 2. The first-order chi connectivity index (χ1) is 16.7. The second kappa shape index (κ2) is 10.8. The van der Waals surface area contributed by atoms with Gasteiger partial charge >= 0.3 is 5.97 Å². The molecule has 2 heterocycles. The van der Waals surface area contributed by atoms with Crippen molar-refractivity contribution in [3.63, 3.8) is 0 Å². The molecular weight excluding hydrogens is 486 g/mol. The van der Waals surface area contributed by atoms with Crippen LogP contribution in [-0.2, 0) is 20.7 Å². The van der Waals surface area contributed by atoms with Gasteiger partial charge in [0.1, 0.15) is 6.10 Å². The molecule has 0 amide bonds. The summed E-state index contributed by atoms with van der Waals surface area (Å²) in [7, 11) is 0. The molecule has 186 valence electrons. The Hall–Kier alpha value is -2.22. The minimum absolute atomic E-state index is 0.0117. The van der Waals surface area contributed by atoms with Gasteiger partial charge in [-0.2, -0.15) is 11.8 Å². The summed E-state index contributed by atoms with van der Waals surface area (Å²) in [5.74, 6) is -1.86. The van der Waals surface area contributed by atoms with Gasteiger partial charge in [-0.1, -0.05) is 31.2 Å². The first kappa shape index (κ1) is 25.9. The van der Waals surface area contributed by atoms with E-state index in [1.165, 1.54) is 24.1 Å². The van der Waals surface area contributed by atoms with Crippen molar-refractivity contribution in [3.8, 4) is 10.4 Å². The zero-order valence-corrected chi connectivity index (χ0v) is 22.1. The molecule has 3 aromatic rings. The predicted molar refractivity (Wildman–Crippen MR) is 139 cm³/mol. The summed E-state index contributed by atoms with van der Waals surface area (Å²) in [6.45, 7) is 7.65. The molecule has 1 fully saturated rings. The Balaban J connectivity index is 1.60. The standard InChI is InChI=1S/C28H30F2O3S2/c1-15-6-7-20(27-28(34-5)26(33-18(4)31)16(2)17(3)32-27)12-21(15)13-22-9-11-25(35-22)19-8-10-23(29)24(30)14-19/h6-12,14,16-17,26-28H,13H2,1-5H3/t16-,17-,26+,27?,28-/m1/s1. The molecule has 3 nitrogen and oxygen atoms in total. The average Bonchev–Trinajstić information content (AvgIpc) is 3.28. The third-order valence-electron chi connectivity index (χ3n) is 6.75. The highest BCUT2D eigenvalue weighted by Crippen LogP contribution is 2.42. The monoisotopic (exact) mass is 516 g/mol. The van der Waals surface area contributed by atoms with E-state index in [4.69, 9.17) is 9.47 Å². The molecule has 5 atom stereocenters. The van der Waals surface area contributed by atoms with Gasteiger partial charge in [0, 0.05) is 29.0 Å². The molecule has 0 bridgehead atoms. The zero-order valence-electron chi connectivity index (χ0n) is 20.5. The molecule has 4 rings (SSSR count). The molecule has 0 aliphatic carbocycles. The molecule has 2 aromatic carbocycles. The number of thiophene rings is 1. The van der Waals surface area contributed by atoms with Crippen LogP contribution in [0.3, 0.4) is 0 Å². The molecular formula is C28H30F2O3S2. The van der Waals surface area contributed by atoms with Crippen molar-refractivity contribution in [2.75, 3.05) is 6.26 Å². The van der Waals surface area contributed by atoms with E-state index in [-0.39, 0.29) is 35.4 Å². The quantitative estimate of drug-likeness (QED) is 0.321. The molecule has 0 saturated carbocycles. The summed E-state index contributed by atoms with van der Waals surface area (Å²) < 4.78 is 39.2. The van der Waals surface area contributed by atoms with Crippen LogP contribution in [0.25, 0.3) is 10.4 Å². The smallest absolute Gasteiger partial charge is 0.302 e. The van der Waals surface area contributed by atoms with Gasteiger partial charge in [-0.25, -0.2) is 8.78 Å². The van der Waals surface area contributed by atoms with Crippen molar-refractivity contribution < 1.29 is 23.0 Å². The summed E-state index contributed by atoms with van der Waals surface area (Å²) in [5, 5.41) is -0.0117. The molecule has 1 aromatic heterocycles. The molecule has 7 heteroatoms. The van der Waals surface area contributed by atoms with Gasteiger partial charge in [-0.15, -0.1) is 11.3 Å². The number of benzene rings is 2. The van der Waals surface area contributed by atoms with E-state index in [0.29, 0.717) is 5.56 Å². The van der Waals surface area contributed by atoms with Gasteiger partial charge in [0.2, 0.25) is 0 Å². The van der Waals surface area contributed by atoms with Crippen LogP contribution in [0.5, 0.6) is 0 Å². The van der Waals surface area contributed by atoms with Crippen LogP contribution in [0.2, 0.25) is 0 Å².